The second-order valence-electron chi connectivity index (χ2n) is 6.52. The first kappa shape index (κ1) is 18.6. The van der Waals surface area contributed by atoms with Crippen molar-refractivity contribution in [1.29, 1.82) is 0 Å². The first-order valence-corrected chi connectivity index (χ1v) is 8.75. The van der Waals surface area contributed by atoms with Gasteiger partial charge in [0.15, 0.2) is 0 Å². The van der Waals surface area contributed by atoms with Crippen LogP contribution in [-0.4, -0.2) is 23.5 Å². The SMILES string of the molecule is Cc1ccc(C(=O)NCC2=CC=CC(Oc3cccc(F)c3)C2C)c(N)n1. The molecule has 2 aromatic rings. The van der Waals surface area contributed by atoms with E-state index in [0.29, 0.717) is 17.9 Å². The second kappa shape index (κ2) is 8.03. The number of carbonyl (C=O) groups excluding carboxylic acids is 1. The number of hydrogen-bond acceptors (Lipinski definition) is 4. The predicted molar refractivity (Wildman–Crippen MR) is 103 cm³/mol. The van der Waals surface area contributed by atoms with E-state index in [1.54, 1.807) is 24.3 Å². The normalized spacial score (nSPS) is 18.7. The van der Waals surface area contributed by atoms with Gasteiger partial charge < -0.3 is 15.8 Å². The molecule has 0 spiro atoms. The molecule has 3 N–H and O–H groups in total. The van der Waals surface area contributed by atoms with Gasteiger partial charge in [-0.05, 0) is 42.8 Å². The van der Waals surface area contributed by atoms with E-state index >= 15 is 0 Å². The van der Waals surface area contributed by atoms with Crippen LogP contribution in [0.4, 0.5) is 10.2 Å². The summed E-state index contributed by atoms with van der Waals surface area (Å²) in [6.45, 7) is 4.19. The summed E-state index contributed by atoms with van der Waals surface area (Å²) in [6, 6.07) is 9.48. The molecule has 0 saturated carbocycles. The quantitative estimate of drug-likeness (QED) is 0.849. The van der Waals surface area contributed by atoms with Crippen LogP contribution in [0.25, 0.3) is 0 Å². The van der Waals surface area contributed by atoms with Gasteiger partial charge in [-0.15, -0.1) is 0 Å². The van der Waals surface area contributed by atoms with E-state index in [0.717, 1.165) is 11.3 Å². The van der Waals surface area contributed by atoms with E-state index in [4.69, 9.17) is 10.5 Å². The lowest BCUT2D eigenvalue weighted by Crippen LogP contribution is -2.33. The van der Waals surface area contributed by atoms with Crippen LogP contribution in [0, 0.1) is 18.7 Å². The van der Waals surface area contributed by atoms with Crippen LogP contribution in [0.5, 0.6) is 5.75 Å². The van der Waals surface area contributed by atoms with Gasteiger partial charge in [0.1, 0.15) is 23.5 Å². The molecule has 1 aliphatic carbocycles. The summed E-state index contributed by atoms with van der Waals surface area (Å²) in [5.74, 6) is 0.0928. The molecule has 1 heterocycles. The fourth-order valence-electron chi connectivity index (χ4n) is 2.92. The molecular formula is C21H22FN3O2. The molecule has 0 radical (unpaired) electrons. The van der Waals surface area contributed by atoms with Crippen molar-refractivity contribution in [2.24, 2.45) is 5.92 Å². The van der Waals surface area contributed by atoms with Gasteiger partial charge in [0.05, 0.1) is 5.56 Å². The number of nitrogen functional groups attached to an aromatic ring is 1. The highest BCUT2D eigenvalue weighted by Gasteiger charge is 2.23. The van der Waals surface area contributed by atoms with Gasteiger partial charge in [-0.1, -0.05) is 25.1 Å². The van der Waals surface area contributed by atoms with Crippen molar-refractivity contribution in [3.05, 3.63) is 77.3 Å². The number of nitrogens with two attached hydrogens (primary N) is 1. The van der Waals surface area contributed by atoms with Gasteiger partial charge in [0.2, 0.25) is 0 Å². The van der Waals surface area contributed by atoms with Crippen LogP contribution in [0.2, 0.25) is 0 Å². The molecular weight excluding hydrogens is 345 g/mol. The summed E-state index contributed by atoms with van der Waals surface area (Å²) < 4.78 is 19.2. The summed E-state index contributed by atoms with van der Waals surface area (Å²) in [4.78, 5) is 16.5. The van der Waals surface area contributed by atoms with E-state index in [2.05, 4.69) is 10.3 Å². The third kappa shape index (κ3) is 4.53. The molecule has 2 unspecified atom stereocenters. The zero-order chi connectivity index (χ0) is 19.4. The number of amides is 1. The number of carbonyl (C=O) groups is 1. The van der Waals surface area contributed by atoms with E-state index in [1.807, 2.05) is 32.1 Å². The van der Waals surface area contributed by atoms with Crippen molar-refractivity contribution in [3.8, 4) is 5.75 Å². The van der Waals surface area contributed by atoms with E-state index < -0.39 is 0 Å². The fraction of sp³-hybridized carbons (Fsp3) is 0.238. The molecule has 1 amide bonds. The molecule has 140 valence electrons. The van der Waals surface area contributed by atoms with Gasteiger partial charge in [-0.25, -0.2) is 9.37 Å². The van der Waals surface area contributed by atoms with Crippen LogP contribution >= 0.6 is 0 Å². The summed E-state index contributed by atoms with van der Waals surface area (Å²) in [5.41, 5.74) is 7.95. The number of nitrogens with one attached hydrogen (secondary N) is 1. The van der Waals surface area contributed by atoms with Crippen molar-refractivity contribution < 1.29 is 13.9 Å². The van der Waals surface area contributed by atoms with Crippen molar-refractivity contribution in [1.82, 2.24) is 10.3 Å². The van der Waals surface area contributed by atoms with E-state index in [9.17, 15) is 9.18 Å². The maximum Gasteiger partial charge on any atom is 0.255 e. The number of rotatable bonds is 5. The lowest BCUT2D eigenvalue weighted by Gasteiger charge is -2.27. The molecule has 0 bridgehead atoms. The number of pyridine rings is 1. The molecule has 27 heavy (non-hydrogen) atoms. The maximum atomic E-state index is 13.4. The van der Waals surface area contributed by atoms with Crippen molar-refractivity contribution >= 4 is 11.7 Å². The minimum atomic E-state index is -0.340. The lowest BCUT2D eigenvalue weighted by atomic mass is 9.90. The number of aryl methyl sites for hydroxylation is 1. The highest BCUT2D eigenvalue weighted by Crippen LogP contribution is 2.25. The maximum absolute atomic E-state index is 13.4. The van der Waals surface area contributed by atoms with Crippen LogP contribution in [-0.2, 0) is 0 Å². The summed E-state index contributed by atoms with van der Waals surface area (Å²) in [6.07, 6.45) is 5.51. The number of ether oxygens (including phenoxy) is 1. The smallest absolute Gasteiger partial charge is 0.255 e. The Morgan fingerprint density at radius 3 is 2.89 bits per heavy atom. The Morgan fingerprint density at radius 2 is 2.15 bits per heavy atom. The highest BCUT2D eigenvalue weighted by molar-refractivity contribution is 5.98. The molecule has 2 atom stereocenters. The van der Waals surface area contributed by atoms with Crippen molar-refractivity contribution in [2.75, 3.05) is 12.3 Å². The number of benzene rings is 1. The minimum absolute atomic E-state index is 0.0204. The predicted octanol–water partition coefficient (Wildman–Crippen LogP) is 3.42. The zero-order valence-corrected chi connectivity index (χ0v) is 15.3. The molecule has 3 rings (SSSR count). The number of halogens is 1. The fourth-order valence-corrected chi connectivity index (χ4v) is 2.92. The number of aromatic nitrogens is 1. The van der Waals surface area contributed by atoms with E-state index in [-0.39, 0.29) is 29.6 Å². The van der Waals surface area contributed by atoms with Crippen LogP contribution in [0.15, 0.2) is 60.2 Å². The zero-order valence-electron chi connectivity index (χ0n) is 15.3. The molecule has 1 aromatic heterocycles. The van der Waals surface area contributed by atoms with Crippen LogP contribution < -0.4 is 15.8 Å². The molecule has 1 aliphatic rings. The molecule has 1 aromatic carbocycles. The Morgan fingerprint density at radius 1 is 1.33 bits per heavy atom. The van der Waals surface area contributed by atoms with Gasteiger partial charge in [0, 0.05) is 24.2 Å². The number of allylic oxidation sites excluding steroid dienone is 2. The standard InChI is InChI=1S/C21H22FN3O2/c1-13-9-10-18(20(23)25-13)21(26)24-12-15-5-3-8-19(14(15)2)27-17-7-4-6-16(22)11-17/h3-11,14,19H,12H2,1-2H3,(H2,23,25)(H,24,26). The topological polar surface area (TPSA) is 77.2 Å². The van der Waals surface area contributed by atoms with Gasteiger partial charge in [0.25, 0.3) is 5.91 Å². The first-order chi connectivity index (χ1) is 12.9. The van der Waals surface area contributed by atoms with Crippen LogP contribution in [0.3, 0.4) is 0 Å². The largest absolute Gasteiger partial charge is 0.486 e. The number of hydrogen-bond donors (Lipinski definition) is 2. The van der Waals surface area contributed by atoms with Gasteiger partial charge in [-0.3, -0.25) is 4.79 Å². The van der Waals surface area contributed by atoms with Gasteiger partial charge >= 0.3 is 0 Å². The average Bonchev–Trinajstić information content (AvgIpc) is 2.62. The number of anilines is 1. The van der Waals surface area contributed by atoms with Gasteiger partial charge in [-0.2, -0.15) is 0 Å². The lowest BCUT2D eigenvalue weighted by molar-refractivity contribution is 0.0955. The Bertz CT molecular complexity index is 908. The highest BCUT2D eigenvalue weighted by atomic mass is 19.1. The Labute approximate surface area is 157 Å². The van der Waals surface area contributed by atoms with Crippen LogP contribution in [0.1, 0.15) is 23.0 Å². The second-order valence-corrected chi connectivity index (χ2v) is 6.52. The Kier molecular flexibility index (Phi) is 5.54. The summed E-state index contributed by atoms with van der Waals surface area (Å²) >= 11 is 0. The molecule has 5 nitrogen and oxygen atoms in total. The third-order valence-electron chi connectivity index (χ3n) is 4.52. The average molecular weight is 367 g/mol. The molecule has 0 saturated heterocycles. The summed E-state index contributed by atoms with van der Waals surface area (Å²) in [5, 5.41) is 2.88. The van der Waals surface area contributed by atoms with Crippen molar-refractivity contribution in [3.63, 3.8) is 0 Å². The molecule has 6 heteroatoms. The van der Waals surface area contributed by atoms with E-state index in [1.165, 1.54) is 12.1 Å². The summed E-state index contributed by atoms with van der Waals surface area (Å²) in [7, 11) is 0. The van der Waals surface area contributed by atoms with Crippen molar-refractivity contribution in [2.45, 2.75) is 20.0 Å². The first-order valence-electron chi connectivity index (χ1n) is 8.75. The number of nitrogens with zero attached hydrogens (tertiary/aromatic N) is 1. The minimum Gasteiger partial charge on any atom is -0.486 e. The third-order valence-corrected chi connectivity index (χ3v) is 4.52. The molecule has 0 fully saturated rings. The monoisotopic (exact) mass is 367 g/mol. The Balaban J connectivity index is 1.62. The molecule has 0 aliphatic heterocycles. The Hall–Kier alpha value is -3.15.